The molecular weight excluding hydrogens is 232 g/mol. The molecule has 0 aromatic heterocycles. The van der Waals surface area contributed by atoms with Gasteiger partial charge in [0.1, 0.15) is 6.10 Å². The van der Waals surface area contributed by atoms with E-state index in [1.807, 2.05) is 6.92 Å². The molecule has 0 saturated heterocycles. The van der Waals surface area contributed by atoms with Crippen LogP contribution in [0.2, 0.25) is 0 Å². The van der Waals surface area contributed by atoms with Crippen LogP contribution in [0.4, 0.5) is 0 Å². The molecule has 102 valence electrons. The molecule has 2 aliphatic rings. The van der Waals surface area contributed by atoms with Crippen molar-refractivity contribution in [1.29, 1.82) is 0 Å². The highest BCUT2D eigenvalue weighted by Crippen LogP contribution is 2.44. The summed E-state index contributed by atoms with van der Waals surface area (Å²) in [6.45, 7) is 3.29. The van der Waals surface area contributed by atoms with Crippen LogP contribution < -0.4 is 0 Å². The lowest BCUT2D eigenvalue weighted by atomic mass is 9.64. The zero-order chi connectivity index (χ0) is 13.5. The van der Waals surface area contributed by atoms with E-state index in [0.717, 1.165) is 24.8 Å². The number of aliphatic hydroxyl groups is 3. The van der Waals surface area contributed by atoms with Crippen molar-refractivity contribution in [3.05, 3.63) is 11.6 Å². The fourth-order valence-electron chi connectivity index (χ4n) is 3.27. The van der Waals surface area contributed by atoms with E-state index in [0.29, 0.717) is 0 Å². The summed E-state index contributed by atoms with van der Waals surface area (Å²) in [5.74, 6) is -0.127. The molecule has 4 heteroatoms. The van der Waals surface area contributed by atoms with Gasteiger partial charge in [-0.2, -0.15) is 0 Å². The average Bonchev–Trinajstić information content (AvgIpc) is 2.35. The molecule has 5 atom stereocenters. The van der Waals surface area contributed by atoms with E-state index in [9.17, 15) is 20.1 Å². The highest BCUT2D eigenvalue weighted by Gasteiger charge is 2.43. The summed E-state index contributed by atoms with van der Waals surface area (Å²) >= 11 is 0. The SMILES string of the molecule is C[C@@H]1[C@@H](O)C(=O)C=C2CC[C@@H]([C@@](C)(O)CO)C[C@@H]21. The summed E-state index contributed by atoms with van der Waals surface area (Å²) in [7, 11) is 0. The van der Waals surface area contributed by atoms with E-state index in [1.54, 1.807) is 13.0 Å². The van der Waals surface area contributed by atoms with Crippen LogP contribution in [0.25, 0.3) is 0 Å². The molecule has 18 heavy (non-hydrogen) atoms. The average molecular weight is 254 g/mol. The standard InChI is InChI=1S/C14H22O4/c1-8-11-6-10(14(2,18)7-15)4-3-9(11)5-12(16)13(8)17/h5,8,10-11,13,15,17-18H,3-4,6-7H2,1-2H3/t8-,10+,11+,13+,14-/m0/s1. The molecule has 0 spiro atoms. The van der Waals surface area contributed by atoms with Crippen molar-refractivity contribution >= 4 is 5.78 Å². The van der Waals surface area contributed by atoms with Crippen LogP contribution in [0.15, 0.2) is 11.6 Å². The van der Waals surface area contributed by atoms with Gasteiger partial charge in [-0.3, -0.25) is 4.79 Å². The van der Waals surface area contributed by atoms with Gasteiger partial charge in [-0.15, -0.1) is 0 Å². The Bertz CT molecular complexity index is 372. The summed E-state index contributed by atoms with van der Waals surface area (Å²) in [5.41, 5.74) is 0.0280. The van der Waals surface area contributed by atoms with Crippen LogP contribution >= 0.6 is 0 Å². The minimum Gasteiger partial charge on any atom is -0.393 e. The molecule has 0 aromatic rings. The molecular formula is C14H22O4. The van der Waals surface area contributed by atoms with Gasteiger partial charge in [0.25, 0.3) is 0 Å². The van der Waals surface area contributed by atoms with Crippen LogP contribution in [-0.4, -0.2) is 39.4 Å². The molecule has 0 amide bonds. The highest BCUT2D eigenvalue weighted by atomic mass is 16.3. The minimum absolute atomic E-state index is 0.0208. The van der Waals surface area contributed by atoms with Crippen LogP contribution in [-0.2, 0) is 4.79 Å². The predicted molar refractivity (Wildman–Crippen MR) is 66.8 cm³/mol. The maximum absolute atomic E-state index is 11.6. The number of aliphatic hydroxyl groups excluding tert-OH is 2. The molecule has 0 aliphatic heterocycles. The summed E-state index contributed by atoms with van der Waals surface area (Å²) in [5, 5.41) is 29.2. The topological polar surface area (TPSA) is 77.8 Å². The number of hydrogen-bond donors (Lipinski definition) is 3. The number of allylic oxidation sites excluding steroid dienone is 1. The number of carbonyl (C=O) groups excluding carboxylic acids is 1. The Morgan fingerprint density at radius 3 is 2.78 bits per heavy atom. The zero-order valence-corrected chi connectivity index (χ0v) is 11.0. The lowest BCUT2D eigenvalue weighted by Gasteiger charge is -2.43. The quantitative estimate of drug-likeness (QED) is 0.676. The summed E-state index contributed by atoms with van der Waals surface area (Å²) in [4.78, 5) is 11.6. The molecule has 0 bridgehead atoms. The second kappa shape index (κ2) is 4.76. The molecule has 1 fully saturated rings. The van der Waals surface area contributed by atoms with E-state index < -0.39 is 11.7 Å². The number of carbonyl (C=O) groups is 1. The van der Waals surface area contributed by atoms with Crippen LogP contribution in [0.1, 0.15) is 33.1 Å². The van der Waals surface area contributed by atoms with Crippen molar-refractivity contribution in [2.75, 3.05) is 6.61 Å². The first-order valence-electron chi connectivity index (χ1n) is 6.62. The number of fused-ring (bicyclic) bond motifs is 1. The molecule has 0 aromatic carbocycles. The molecule has 2 aliphatic carbocycles. The Kier molecular flexibility index (Phi) is 3.63. The maximum atomic E-state index is 11.6. The van der Waals surface area contributed by atoms with E-state index in [4.69, 9.17) is 0 Å². The third kappa shape index (κ3) is 2.25. The first-order valence-corrected chi connectivity index (χ1v) is 6.62. The van der Waals surface area contributed by atoms with Crippen molar-refractivity contribution in [3.63, 3.8) is 0 Å². The zero-order valence-electron chi connectivity index (χ0n) is 11.0. The maximum Gasteiger partial charge on any atom is 0.184 e. The van der Waals surface area contributed by atoms with Gasteiger partial charge in [0.15, 0.2) is 5.78 Å². The van der Waals surface area contributed by atoms with Crippen LogP contribution in [0.3, 0.4) is 0 Å². The normalized spacial score (nSPS) is 39.8. The first-order chi connectivity index (χ1) is 8.36. The summed E-state index contributed by atoms with van der Waals surface area (Å²) in [6.07, 6.45) is 2.95. The van der Waals surface area contributed by atoms with Gasteiger partial charge < -0.3 is 15.3 Å². The van der Waals surface area contributed by atoms with E-state index in [1.165, 1.54) is 0 Å². The van der Waals surface area contributed by atoms with E-state index in [-0.39, 0.29) is 30.1 Å². The van der Waals surface area contributed by atoms with E-state index in [2.05, 4.69) is 0 Å². The van der Waals surface area contributed by atoms with Crippen LogP contribution in [0, 0.1) is 17.8 Å². The van der Waals surface area contributed by atoms with Gasteiger partial charge in [0, 0.05) is 0 Å². The van der Waals surface area contributed by atoms with Crippen LogP contribution in [0.5, 0.6) is 0 Å². The van der Waals surface area contributed by atoms with Gasteiger partial charge >= 0.3 is 0 Å². The second-order valence-corrected chi connectivity index (χ2v) is 6.02. The Morgan fingerprint density at radius 1 is 1.50 bits per heavy atom. The minimum atomic E-state index is -1.07. The number of hydrogen-bond acceptors (Lipinski definition) is 4. The van der Waals surface area contributed by atoms with Gasteiger partial charge in [0.05, 0.1) is 12.2 Å². The Labute approximate surface area is 107 Å². The van der Waals surface area contributed by atoms with Crippen molar-refractivity contribution in [2.24, 2.45) is 17.8 Å². The molecule has 1 saturated carbocycles. The van der Waals surface area contributed by atoms with Gasteiger partial charge in [-0.1, -0.05) is 12.5 Å². The fraction of sp³-hybridized carbons (Fsp3) is 0.786. The highest BCUT2D eigenvalue weighted by molar-refractivity contribution is 5.95. The molecule has 0 heterocycles. The predicted octanol–water partition coefficient (Wildman–Crippen LogP) is 0.652. The molecule has 2 rings (SSSR count). The Hall–Kier alpha value is -0.710. The van der Waals surface area contributed by atoms with Gasteiger partial charge in [0.2, 0.25) is 0 Å². The van der Waals surface area contributed by atoms with E-state index >= 15 is 0 Å². The third-order valence-corrected chi connectivity index (χ3v) is 4.75. The van der Waals surface area contributed by atoms with Crippen molar-refractivity contribution in [2.45, 2.75) is 44.8 Å². The smallest absolute Gasteiger partial charge is 0.184 e. The molecule has 0 radical (unpaired) electrons. The van der Waals surface area contributed by atoms with Crippen molar-refractivity contribution in [3.8, 4) is 0 Å². The second-order valence-electron chi connectivity index (χ2n) is 6.02. The first kappa shape index (κ1) is 13.7. The molecule has 4 nitrogen and oxygen atoms in total. The molecule has 0 unspecified atom stereocenters. The largest absolute Gasteiger partial charge is 0.393 e. The fourth-order valence-corrected chi connectivity index (χ4v) is 3.27. The Balaban J connectivity index is 2.19. The summed E-state index contributed by atoms with van der Waals surface area (Å²) in [6, 6.07) is 0. The monoisotopic (exact) mass is 254 g/mol. The lowest BCUT2D eigenvalue weighted by molar-refractivity contribution is -0.127. The van der Waals surface area contributed by atoms with Gasteiger partial charge in [-0.25, -0.2) is 0 Å². The number of rotatable bonds is 2. The Morgan fingerprint density at radius 2 is 2.17 bits per heavy atom. The number of ketones is 1. The lowest BCUT2D eigenvalue weighted by Crippen LogP contribution is -2.45. The van der Waals surface area contributed by atoms with Crippen molar-refractivity contribution in [1.82, 2.24) is 0 Å². The molecule has 3 N–H and O–H groups in total. The summed E-state index contributed by atoms with van der Waals surface area (Å²) < 4.78 is 0. The van der Waals surface area contributed by atoms with Gasteiger partial charge in [-0.05, 0) is 50.0 Å². The third-order valence-electron chi connectivity index (χ3n) is 4.75. The van der Waals surface area contributed by atoms with Crippen molar-refractivity contribution < 1.29 is 20.1 Å².